The van der Waals surface area contributed by atoms with Gasteiger partial charge in [-0.2, -0.15) is 10.2 Å². The topological polar surface area (TPSA) is 84.9 Å². The summed E-state index contributed by atoms with van der Waals surface area (Å²) in [7, 11) is 1.88. The van der Waals surface area contributed by atoms with Crippen LogP contribution in [0, 0.1) is 0 Å². The molecule has 0 aliphatic carbocycles. The van der Waals surface area contributed by atoms with E-state index in [1.807, 2.05) is 75.5 Å². The van der Waals surface area contributed by atoms with E-state index in [0.29, 0.717) is 34.7 Å². The molecule has 2 aromatic rings. The molecule has 0 saturated heterocycles. The molecule has 2 rings (SSSR count). The number of rotatable bonds is 8. The van der Waals surface area contributed by atoms with Crippen molar-refractivity contribution < 1.29 is 0 Å². The molecule has 0 bridgehead atoms. The van der Waals surface area contributed by atoms with Gasteiger partial charge in [-0.1, -0.05) is 42.5 Å². The fourth-order valence-electron chi connectivity index (χ4n) is 2.51. The second-order valence-corrected chi connectivity index (χ2v) is 6.87. The summed E-state index contributed by atoms with van der Waals surface area (Å²) in [6.07, 6.45) is 0. The average Bonchev–Trinajstić information content (AvgIpc) is 2.77. The van der Waals surface area contributed by atoms with Crippen LogP contribution < -0.4 is 26.8 Å². The van der Waals surface area contributed by atoms with Gasteiger partial charge in [-0.15, -0.1) is 0 Å². The molecule has 2 aromatic carbocycles. The third-order valence-corrected chi connectivity index (χ3v) is 4.40. The summed E-state index contributed by atoms with van der Waals surface area (Å²) < 4.78 is 0. The summed E-state index contributed by atoms with van der Waals surface area (Å²) in [5.74, 6) is 0. The number of nitrogens with zero attached hydrogens (tertiary/aromatic N) is 2. The van der Waals surface area contributed by atoms with E-state index >= 15 is 0 Å². The second kappa shape index (κ2) is 12.5. The Morgan fingerprint density at radius 2 is 1.20 bits per heavy atom. The van der Waals surface area contributed by atoms with Crippen molar-refractivity contribution in [3.63, 3.8) is 0 Å². The molecule has 0 spiro atoms. The number of thiocarbonyl (C=S) groups is 2. The van der Waals surface area contributed by atoms with Crippen molar-refractivity contribution >= 4 is 51.8 Å². The zero-order valence-corrected chi connectivity index (χ0v) is 19.0. The van der Waals surface area contributed by atoms with E-state index in [2.05, 4.69) is 37.0 Å². The quantitative estimate of drug-likeness (QED) is 0.245. The van der Waals surface area contributed by atoms with Crippen LogP contribution in [0.5, 0.6) is 0 Å². The predicted molar refractivity (Wildman–Crippen MR) is 134 cm³/mol. The van der Waals surface area contributed by atoms with Gasteiger partial charge in [0.15, 0.2) is 10.2 Å². The summed E-state index contributed by atoms with van der Waals surface area (Å²) in [4.78, 5) is 0. The highest BCUT2D eigenvalue weighted by Gasteiger charge is 2.16. The third-order valence-electron chi connectivity index (χ3n) is 3.93. The first kappa shape index (κ1) is 23.2. The lowest BCUT2D eigenvalue weighted by Crippen LogP contribution is -2.35. The zero-order chi connectivity index (χ0) is 21.8. The number of nitrogens with one attached hydrogen (secondary N) is 5. The summed E-state index contributed by atoms with van der Waals surface area (Å²) in [5, 5.41) is 19.2. The highest BCUT2D eigenvalue weighted by Crippen LogP contribution is 2.13. The molecule has 7 nitrogen and oxygen atoms in total. The molecular weight excluding hydrogens is 414 g/mol. The van der Waals surface area contributed by atoms with Crippen molar-refractivity contribution in [2.24, 2.45) is 10.2 Å². The first-order valence-corrected chi connectivity index (χ1v) is 10.5. The molecule has 9 heteroatoms. The Morgan fingerprint density at radius 1 is 0.733 bits per heavy atom. The lowest BCUT2D eigenvalue weighted by atomic mass is 9.99. The van der Waals surface area contributed by atoms with Crippen molar-refractivity contribution in [2.45, 2.75) is 13.8 Å². The van der Waals surface area contributed by atoms with Gasteiger partial charge < -0.3 is 16.0 Å². The maximum absolute atomic E-state index is 5.28. The molecule has 0 atom stereocenters. The first-order valence-electron chi connectivity index (χ1n) is 9.66. The van der Waals surface area contributed by atoms with Crippen molar-refractivity contribution in [1.82, 2.24) is 21.5 Å². The van der Waals surface area contributed by atoms with Crippen LogP contribution >= 0.6 is 24.4 Å². The van der Waals surface area contributed by atoms with Gasteiger partial charge in [-0.05, 0) is 50.4 Å². The summed E-state index contributed by atoms with van der Waals surface area (Å²) >= 11 is 10.6. The lowest BCUT2D eigenvalue weighted by molar-refractivity contribution is 0.897. The highest BCUT2D eigenvalue weighted by atomic mass is 32.1. The van der Waals surface area contributed by atoms with Gasteiger partial charge in [0.2, 0.25) is 0 Å². The minimum absolute atomic E-state index is 0.436. The van der Waals surface area contributed by atoms with Crippen LogP contribution in [0.1, 0.15) is 25.0 Å². The van der Waals surface area contributed by atoms with E-state index in [0.717, 1.165) is 16.8 Å². The monoisotopic (exact) mass is 441 g/mol. The number of benzene rings is 2. The number of hydrazone groups is 2. The number of hydrogen-bond donors (Lipinski definition) is 5. The van der Waals surface area contributed by atoms with Crippen molar-refractivity contribution in [1.29, 1.82) is 0 Å². The summed E-state index contributed by atoms with van der Waals surface area (Å²) in [6.45, 7) is 5.34. The fraction of sp³-hybridized carbons (Fsp3) is 0.238. The largest absolute Gasteiger partial charge is 0.388 e. The van der Waals surface area contributed by atoms with Gasteiger partial charge in [0.05, 0.1) is 0 Å². The van der Waals surface area contributed by atoms with Crippen LogP contribution in [0.25, 0.3) is 0 Å². The number of hydrogen-bond acceptors (Lipinski definition) is 5. The van der Waals surface area contributed by atoms with Crippen LogP contribution in [0.4, 0.5) is 5.69 Å². The van der Waals surface area contributed by atoms with Crippen LogP contribution in [-0.4, -0.2) is 41.8 Å². The molecule has 0 aliphatic rings. The van der Waals surface area contributed by atoms with E-state index in [-0.39, 0.29) is 0 Å². The smallest absolute Gasteiger partial charge is 0.186 e. The van der Waals surface area contributed by atoms with Crippen LogP contribution in [0.3, 0.4) is 0 Å². The Kier molecular flexibility index (Phi) is 9.69. The minimum atomic E-state index is 0.436. The normalized spacial score (nSPS) is 11.4. The van der Waals surface area contributed by atoms with Crippen molar-refractivity contribution in [2.75, 3.05) is 25.5 Å². The molecule has 5 N–H and O–H groups in total. The standard InChI is InChI=1S/C21H27N7S2/c1-4-23-20(29)27-25-18(15-9-7-6-8-10-15)19(26-28-21(30)24-5-2)16-11-13-17(22-3)14-12-16/h6-14,22H,4-5H2,1-3H3,(H2,23,27,29)(H2,24,28,30). The summed E-state index contributed by atoms with van der Waals surface area (Å²) in [6, 6.07) is 17.7. The van der Waals surface area contributed by atoms with Gasteiger partial charge in [0.1, 0.15) is 11.4 Å². The molecule has 0 heterocycles. The van der Waals surface area contributed by atoms with E-state index in [1.54, 1.807) is 0 Å². The molecule has 0 aromatic heterocycles. The molecular formula is C21H27N7S2. The van der Waals surface area contributed by atoms with E-state index in [1.165, 1.54) is 0 Å². The fourth-order valence-corrected chi connectivity index (χ4v) is 2.89. The first-order chi connectivity index (χ1) is 14.6. The van der Waals surface area contributed by atoms with Crippen molar-refractivity contribution in [3.05, 3.63) is 65.7 Å². The number of anilines is 1. The van der Waals surface area contributed by atoms with Gasteiger partial charge in [-0.3, -0.25) is 10.9 Å². The SMILES string of the molecule is CCNC(=S)NN=C(C(=NNC(=S)NCC)c1ccc(NC)cc1)c1ccccc1. The van der Waals surface area contributed by atoms with E-state index in [9.17, 15) is 0 Å². The molecule has 158 valence electrons. The maximum atomic E-state index is 5.28. The Hall–Kier alpha value is -3.04. The van der Waals surface area contributed by atoms with Crippen molar-refractivity contribution in [3.8, 4) is 0 Å². The van der Waals surface area contributed by atoms with Crippen LogP contribution in [0.2, 0.25) is 0 Å². The lowest BCUT2D eigenvalue weighted by Gasteiger charge is -2.14. The average molecular weight is 442 g/mol. The molecule has 0 radical (unpaired) electrons. The van der Waals surface area contributed by atoms with E-state index < -0.39 is 0 Å². The van der Waals surface area contributed by atoms with E-state index in [4.69, 9.17) is 24.4 Å². The maximum Gasteiger partial charge on any atom is 0.186 e. The van der Waals surface area contributed by atoms with Gasteiger partial charge in [0, 0.05) is 37.0 Å². The Balaban J connectivity index is 2.52. The second-order valence-electron chi connectivity index (χ2n) is 6.06. The Morgan fingerprint density at radius 3 is 1.63 bits per heavy atom. The van der Waals surface area contributed by atoms with Gasteiger partial charge in [-0.25, -0.2) is 0 Å². The zero-order valence-electron chi connectivity index (χ0n) is 17.3. The van der Waals surface area contributed by atoms with Gasteiger partial charge in [0.25, 0.3) is 0 Å². The molecule has 0 unspecified atom stereocenters. The molecule has 0 saturated carbocycles. The van der Waals surface area contributed by atoms with Crippen LogP contribution in [0.15, 0.2) is 64.8 Å². The highest BCUT2D eigenvalue weighted by molar-refractivity contribution is 7.80. The Labute approximate surface area is 188 Å². The molecule has 0 amide bonds. The van der Waals surface area contributed by atoms with Gasteiger partial charge >= 0.3 is 0 Å². The molecule has 0 fully saturated rings. The van der Waals surface area contributed by atoms with Crippen LogP contribution in [-0.2, 0) is 0 Å². The summed E-state index contributed by atoms with van der Waals surface area (Å²) in [5.41, 5.74) is 9.82. The Bertz CT molecular complexity index is 893. The molecule has 0 aliphatic heterocycles. The predicted octanol–water partition coefficient (Wildman–Crippen LogP) is 2.80. The minimum Gasteiger partial charge on any atom is -0.388 e. The molecule has 30 heavy (non-hydrogen) atoms. The third kappa shape index (κ3) is 7.09.